The summed E-state index contributed by atoms with van der Waals surface area (Å²) in [5.41, 5.74) is 2.39. The van der Waals surface area contributed by atoms with Gasteiger partial charge in [-0.15, -0.1) is 0 Å². The summed E-state index contributed by atoms with van der Waals surface area (Å²) >= 11 is 1.49. The summed E-state index contributed by atoms with van der Waals surface area (Å²) in [4.78, 5) is 19.1. The maximum atomic E-state index is 12.7. The van der Waals surface area contributed by atoms with Crippen LogP contribution in [0.25, 0.3) is 10.2 Å². The molecule has 5 nitrogen and oxygen atoms in total. The van der Waals surface area contributed by atoms with Gasteiger partial charge < -0.3 is 4.90 Å². The summed E-state index contributed by atoms with van der Waals surface area (Å²) < 4.78 is 1.06. The Morgan fingerprint density at radius 1 is 1.32 bits per heavy atom. The number of anilines is 1. The second kappa shape index (κ2) is 5.88. The standard InChI is InChI=1S/C16H18N4OS/c1-4-7-12-11(10-19(2)3)15(21)20(18-12)16-17-13-8-5-6-9-14(13)22-16/h5-6,8-10H,4,7H2,1-3H3/b11-10+. The van der Waals surface area contributed by atoms with Crippen LogP contribution in [0.5, 0.6) is 0 Å². The maximum absolute atomic E-state index is 12.7. The lowest BCUT2D eigenvalue weighted by molar-refractivity contribution is -0.114. The number of amides is 1. The Morgan fingerprint density at radius 2 is 2.09 bits per heavy atom. The van der Waals surface area contributed by atoms with E-state index in [4.69, 9.17) is 0 Å². The van der Waals surface area contributed by atoms with Gasteiger partial charge in [0.05, 0.1) is 21.5 Å². The van der Waals surface area contributed by atoms with Crippen LogP contribution in [0, 0.1) is 0 Å². The number of hydrazone groups is 1. The van der Waals surface area contributed by atoms with E-state index in [-0.39, 0.29) is 5.91 Å². The second-order valence-corrected chi connectivity index (χ2v) is 6.39. The monoisotopic (exact) mass is 314 g/mol. The van der Waals surface area contributed by atoms with E-state index < -0.39 is 0 Å². The predicted octanol–water partition coefficient (Wildman–Crippen LogP) is 3.24. The van der Waals surface area contributed by atoms with Crippen LogP contribution in [-0.2, 0) is 4.79 Å². The van der Waals surface area contributed by atoms with Gasteiger partial charge in [-0.2, -0.15) is 10.1 Å². The summed E-state index contributed by atoms with van der Waals surface area (Å²) in [5, 5.41) is 6.57. The first-order valence-electron chi connectivity index (χ1n) is 7.26. The van der Waals surface area contributed by atoms with Gasteiger partial charge in [0.2, 0.25) is 5.13 Å². The van der Waals surface area contributed by atoms with Crippen molar-refractivity contribution in [1.82, 2.24) is 9.88 Å². The highest BCUT2D eigenvalue weighted by Gasteiger charge is 2.32. The van der Waals surface area contributed by atoms with Crippen molar-refractivity contribution >= 4 is 38.3 Å². The van der Waals surface area contributed by atoms with Gasteiger partial charge in [0.15, 0.2) is 0 Å². The molecule has 1 amide bonds. The fraction of sp³-hybridized carbons (Fsp3) is 0.312. The van der Waals surface area contributed by atoms with Crippen LogP contribution in [-0.4, -0.2) is 35.6 Å². The van der Waals surface area contributed by atoms with E-state index >= 15 is 0 Å². The molecule has 0 N–H and O–H groups in total. The number of hydrogen-bond acceptors (Lipinski definition) is 5. The Morgan fingerprint density at radius 3 is 2.77 bits per heavy atom. The number of carbonyl (C=O) groups is 1. The fourth-order valence-electron chi connectivity index (χ4n) is 2.35. The summed E-state index contributed by atoms with van der Waals surface area (Å²) in [6.45, 7) is 2.08. The summed E-state index contributed by atoms with van der Waals surface area (Å²) in [6.07, 6.45) is 3.57. The maximum Gasteiger partial charge on any atom is 0.284 e. The average Bonchev–Trinajstić information content (AvgIpc) is 3.03. The number of para-hydroxylation sites is 1. The van der Waals surface area contributed by atoms with Gasteiger partial charge in [0, 0.05) is 20.3 Å². The summed E-state index contributed by atoms with van der Waals surface area (Å²) in [5.74, 6) is -0.101. The number of aromatic nitrogens is 1. The van der Waals surface area contributed by atoms with Gasteiger partial charge in [-0.1, -0.05) is 36.8 Å². The van der Waals surface area contributed by atoms with E-state index in [0.717, 1.165) is 28.8 Å². The third kappa shape index (κ3) is 2.62. The minimum Gasteiger partial charge on any atom is -0.383 e. The van der Waals surface area contributed by atoms with Crippen LogP contribution in [0.1, 0.15) is 19.8 Å². The second-order valence-electron chi connectivity index (χ2n) is 5.38. The molecule has 22 heavy (non-hydrogen) atoms. The van der Waals surface area contributed by atoms with E-state index in [1.807, 2.05) is 49.5 Å². The van der Waals surface area contributed by atoms with Crippen LogP contribution in [0.2, 0.25) is 0 Å². The lowest BCUT2D eigenvalue weighted by atomic mass is 10.1. The minimum absolute atomic E-state index is 0.101. The molecule has 0 bridgehead atoms. The zero-order valence-corrected chi connectivity index (χ0v) is 13.7. The molecule has 0 atom stereocenters. The van der Waals surface area contributed by atoms with Crippen molar-refractivity contribution in [1.29, 1.82) is 0 Å². The zero-order valence-electron chi connectivity index (χ0n) is 12.9. The molecule has 0 unspecified atom stereocenters. The van der Waals surface area contributed by atoms with Crippen LogP contribution in [0.4, 0.5) is 5.13 Å². The number of thiazole rings is 1. The highest BCUT2D eigenvalue weighted by molar-refractivity contribution is 7.22. The molecule has 0 saturated heterocycles. The smallest absolute Gasteiger partial charge is 0.284 e. The van der Waals surface area contributed by atoms with Crippen molar-refractivity contribution in [2.45, 2.75) is 19.8 Å². The molecular weight excluding hydrogens is 296 g/mol. The zero-order chi connectivity index (χ0) is 15.7. The van der Waals surface area contributed by atoms with Gasteiger partial charge in [-0.3, -0.25) is 4.79 Å². The van der Waals surface area contributed by atoms with Gasteiger partial charge in [-0.05, 0) is 18.6 Å². The van der Waals surface area contributed by atoms with Crippen molar-refractivity contribution in [3.05, 3.63) is 36.0 Å². The first-order chi connectivity index (χ1) is 10.6. The van der Waals surface area contributed by atoms with E-state index in [9.17, 15) is 4.79 Å². The van der Waals surface area contributed by atoms with Crippen molar-refractivity contribution in [2.24, 2.45) is 5.10 Å². The van der Waals surface area contributed by atoms with Gasteiger partial charge in [0.25, 0.3) is 5.91 Å². The summed E-state index contributed by atoms with van der Waals surface area (Å²) in [6, 6.07) is 7.87. The molecule has 0 fully saturated rings. The first-order valence-corrected chi connectivity index (χ1v) is 8.08. The Labute approximate surface area is 133 Å². The highest BCUT2D eigenvalue weighted by atomic mass is 32.1. The molecule has 0 radical (unpaired) electrons. The van der Waals surface area contributed by atoms with Crippen molar-refractivity contribution in [3.8, 4) is 0 Å². The first kappa shape index (κ1) is 14.7. The molecule has 6 heteroatoms. The van der Waals surface area contributed by atoms with E-state index in [1.54, 1.807) is 0 Å². The normalized spacial score (nSPS) is 16.7. The molecule has 2 aromatic rings. The lowest BCUT2D eigenvalue weighted by Crippen LogP contribution is -2.22. The number of rotatable bonds is 4. The molecule has 0 saturated carbocycles. The quantitative estimate of drug-likeness (QED) is 0.814. The molecule has 1 aromatic heterocycles. The van der Waals surface area contributed by atoms with Crippen LogP contribution in [0.15, 0.2) is 41.1 Å². The van der Waals surface area contributed by atoms with Crippen LogP contribution < -0.4 is 5.01 Å². The molecule has 3 rings (SSSR count). The molecule has 114 valence electrons. The molecule has 1 aliphatic rings. The Hall–Kier alpha value is -2.21. The highest BCUT2D eigenvalue weighted by Crippen LogP contribution is 2.32. The summed E-state index contributed by atoms with van der Waals surface area (Å²) in [7, 11) is 3.81. The number of carbonyl (C=O) groups excluding carboxylic acids is 1. The molecule has 1 aliphatic heterocycles. The number of hydrogen-bond donors (Lipinski definition) is 0. The SMILES string of the molecule is CCCC1=NN(c2nc3ccccc3s2)C(=O)/C1=C/N(C)C. The van der Waals surface area contributed by atoms with E-state index in [0.29, 0.717) is 10.7 Å². The third-order valence-electron chi connectivity index (χ3n) is 3.29. The molecule has 0 aliphatic carbocycles. The van der Waals surface area contributed by atoms with Gasteiger partial charge in [0.1, 0.15) is 0 Å². The predicted molar refractivity (Wildman–Crippen MR) is 91.2 cm³/mol. The largest absolute Gasteiger partial charge is 0.383 e. The van der Waals surface area contributed by atoms with Crippen molar-refractivity contribution in [3.63, 3.8) is 0 Å². The molecule has 1 aromatic carbocycles. The molecule has 0 spiro atoms. The average molecular weight is 314 g/mol. The van der Waals surface area contributed by atoms with Crippen molar-refractivity contribution < 1.29 is 4.79 Å². The minimum atomic E-state index is -0.101. The third-order valence-corrected chi connectivity index (χ3v) is 4.30. The molecular formula is C16H18N4OS. The number of nitrogens with zero attached hydrogens (tertiary/aromatic N) is 4. The topological polar surface area (TPSA) is 48.8 Å². The van der Waals surface area contributed by atoms with Gasteiger partial charge >= 0.3 is 0 Å². The van der Waals surface area contributed by atoms with Crippen molar-refractivity contribution in [2.75, 3.05) is 19.1 Å². The number of fused-ring (bicyclic) bond motifs is 1. The van der Waals surface area contributed by atoms with E-state index in [2.05, 4.69) is 17.0 Å². The molecule has 2 heterocycles. The fourth-order valence-corrected chi connectivity index (χ4v) is 3.26. The Bertz CT molecular complexity index is 742. The number of benzene rings is 1. The Balaban J connectivity index is 2.01. The Kier molecular flexibility index (Phi) is 3.94. The van der Waals surface area contributed by atoms with Gasteiger partial charge in [-0.25, -0.2) is 4.98 Å². The van der Waals surface area contributed by atoms with Crippen LogP contribution in [0.3, 0.4) is 0 Å². The lowest BCUT2D eigenvalue weighted by Gasteiger charge is -2.09. The van der Waals surface area contributed by atoms with Crippen LogP contribution >= 0.6 is 11.3 Å². The van der Waals surface area contributed by atoms with E-state index in [1.165, 1.54) is 16.3 Å².